The Morgan fingerprint density at radius 3 is 0.865 bits per heavy atom. The number of aromatic nitrogens is 4. The van der Waals surface area contributed by atoms with Crippen molar-refractivity contribution in [3.8, 4) is 67.5 Å². The number of rotatable bonds is 26. The number of unbranched alkanes of at least 4 members (excludes halogenated alkanes) is 16. The van der Waals surface area contributed by atoms with Crippen molar-refractivity contribution >= 4 is 46.4 Å². The maximum absolute atomic E-state index is 10.4. The van der Waals surface area contributed by atoms with Crippen LogP contribution in [0, 0.1) is 0 Å². The van der Waals surface area contributed by atoms with Gasteiger partial charge < -0.3 is 29.7 Å². The Morgan fingerprint density at radius 1 is 0.324 bits per heavy atom. The first-order chi connectivity index (χ1) is 36.4. The molecule has 0 unspecified atom stereocenters. The lowest BCUT2D eigenvalue weighted by molar-refractivity contribution is 0.304. The number of nitrogens with one attached hydrogen (secondary N) is 2. The number of phenolic OH excluding ortho intramolecular Hbond substituents is 2. The summed E-state index contributed by atoms with van der Waals surface area (Å²) in [5.74, 6) is 2.09. The zero-order valence-electron chi connectivity index (χ0n) is 43.6. The highest BCUT2D eigenvalue weighted by atomic mass is 16.5. The third kappa shape index (κ3) is 13.3. The van der Waals surface area contributed by atoms with Gasteiger partial charge >= 0.3 is 0 Å². The van der Waals surface area contributed by atoms with Crippen molar-refractivity contribution < 1.29 is 19.7 Å². The van der Waals surface area contributed by atoms with Crippen LogP contribution in [-0.4, -0.2) is 43.4 Å². The fourth-order valence-corrected chi connectivity index (χ4v) is 10.3. The second kappa shape index (κ2) is 26.1. The van der Waals surface area contributed by atoms with Crippen molar-refractivity contribution in [3.63, 3.8) is 0 Å². The average molecular weight is 987 g/mol. The van der Waals surface area contributed by atoms with Crippen molar-refractivity contribution in [2.45, 2.75) is 129 Å². The fourth-order valence-electron chi connectivity index (χ4n) is 10.3. The summed E-state index contributed by atoms with van der Waals surface area (Å²) >= 11 is 0. The molecule has 4 N–H and O–H groups in total. The van der Waals surface area contributed by atoms with E-state index in [0.717, 1.165) is 114 Å². The molecule has 0 aliphatic carbocycles. The summed E-state index contributed by atoms with van der Waals surface area (Å²) in [5, 5.41) is 20.8. The van der Waals surface area contributed by atoms with E-state index in [4.69, 9.17) is 19.4 Å². The number of phenols is 2. The van der Waals surface area contributed by atoms with E-state index in [1.54, 1.807) is 24.3 Å². The molecule has 0 fully saturated rings. The van der Waals surface area contributed by atoms with Gasteiger partial charge in [-0.15, -0.1) is 0 Å². The third-order valence-corrected chi connectivity index (χ3v) is 14.4. The molecule has 4 aromatic carbocycles. The van der Waals surface area contributed by atoms with Crippen LogP contribution in [0.2, 0.25) is 0 Å². The zero-order valence-corrected chi connectivity index (χ0v) is 43.6. The number of H-pyrrole nitrogens is 2. The van der Waals surface area contributed by atoms with Gasteiger partial charge in [0.15, 0.2) is 0 Å². The van der Waals surface area contributed by atoms with Crippen LogP contribution in [0.15, 0.2) is 121 Å². The normalized spacial score (nSPS) is 11.9. The first-order valence-corrected chi connectivity index (χ1v) is 27.7. The van der Waals surface area contributed by atoms with Gasteiger partial charge in [-0.25, -0.2) is 9.97 Å². The minimum Gasteiger partial charge on any atom is -0.508 e. The molecule has 2 aliphatic heterocycles. The molecule has 0 saturated carbocycles. The van der Waals surface area contributed by atoms with Crippen LogP contribution in [0.4, 0.5) is 0 Å². The van der Waals surface area contributed by atoms with Gasteiger partial charge in [0.05, 0.1) is 36.0 Å². The maximum atomic E-state index is 10.4. The summed E-state index contributed by atoms with van der Waals surface area (Å²) in [6, 6.07) is 39.9. The Labute approximate surface area is 438 Å². The Kier molecular flexibility index (Phi) is 18.2. The molecule has 9 rings (SSSR count). The summed E-state index contributed by atoms with van der Waals surface area (Å²) in [5.41, 5.74) is 14.2. The van der Waals surface area contributed by atoms with Crippen molar-refractivity contribution in [3.05, 3.63) is 144 Å². The molecular formula is C66H74N4O4. The van der Waals surface area contributed by atoms with E-state index in [1.165, 1.54) is 103 Å². The van der Waals surface area contributed by atoms with Crippen LogP contribution in [0.5, 0.6) is 23.0 Å². The summed E-state index contributed by atoms with van der Waals surface area (Å²) in [7, 11) is 0. The highest BCUT2D eigenvalue weighted by molar-refractivity contribution is 6.00. The number of hydrogen-bond acceptors (Lipinski definition) is 6. The van der Waals surface area contributed by atoms with Gasteiger partial charge in [0.1, 0.15) is 23.0 Å². The van der Waals surface area contributed by atoms with Crippen LogP contribution >= 0.6 is 0 Å². The molecule has 74 heavy (non-hydrogen) atoms. The number of ether oxygens (including phenoxy) is 2. The molecule has 0 spiro atoms. The molecule has 8 nitrogen and oxygen atoms in total. The summed E-state index contributed by atoms with van der Waals surface area (Å²) in [4.78, 5) is 18.5. The van der Waals surface area contributed by atoms with Crippen LogP contribution in [0.3, 0.4) is 0 Å². The largest absolute Gasteiger partial charge is 0.508 e. The van der Waals surface area contributed by atoms with Gasteiger partial charge in [-0.1, -0.05) is 165 Å². The van der Waals surface area contributed by atoms with Crippen LogP contribution in [-0.2, 0) is 0 Å². The van der Waals surface area contributed by atoms with Crippen molar-refractivity contribution in [1.29, 1.82) is 0 Å². The molecule has 7 aromatic rings. The topological polar surface area (TPSA) is 116 Å². The van der Waals surface area contributed by atoms with E-state index in [2.05, 4.69) is 121 Å². The number of benzene rings is 4. The molecule has 0 atom stereocenters. The van der Waals surface area contributed by atoms with Gasteiger partial charge in [-0.3, -0.25) is 0 Å². The molecule has 5 heterocycles. The second-order valence-corrected chi connectivity index (χ2v) is 20.0. The predicted molar refractivity (Wildman–Crippen MR) is 309 cm³/mol. The lowest BCUT2D eigenvalue weighted by atomic mass is 10.0. The smallest absolute Gasteiger partial charge is 0.119 e. The predicted octanol–water partition coefficient (Wildman–Crippen LogP) is 18.6. The van der Waals surface area contributed by atoms with E-state index in [-0.39, 0.29) is 11.5 Å². The quantitative estimate of drug-likeness (QED) is 0.0402. The van der Waals surface area contributed by atoms with Crippen molar-refractivity contribution in [1.82, 2.24) is 19.9 Å². The molecule has 0 amide bonds. The van der Waals surface area contributed by atoms with Crippen LogP contribution in [0.25, 0.3) is 90.9 Å². The van der Waals surface area contributed by atoms with Gasteiger partial charge in [-0.2, -0.15) is 0 Å². The number of nitrogens with zero attached hydrogens (tertiary/aromatic N) is 2. The molecule has 382 valence electrons. The minimum atomic E-state index is 0.190. The number of aromatic amines is 2. The minimum absolute atomic E-state index is 0.190. The highest BCUT2D eigenvalue weighted by Gasteiger charge is 2.19. The van der Waals surface area contributed by atoms with E-state index in [0.29, 0.717) is 13.2 Å². The number of fused-ring (bicyclic) bond motifs is 8. The second-order valence-electron chi connectivity index (χ2n) is 20.0. The zero-order chi connectivity index (χ0) is 50.9. The van der Waals surface area contributed by atoms with E-state index >= 15 is 0 Å². The van der Waals surface area contributed by atoms with E-state index in [9.17, 15) is 10.2 Å². The van der Waals surface area contributed by atoms with Gasteiger partial charge in [0.25, 0.3) is 0 Å². The summed E-state index contributed by atoms with van der Waals surface area (Å²) in [6.45, 7) is 5.94. The van der Waals surface area contributed by atoms with Crippen molar-refractivity contribution in [2.24, 2.45) is 0 Å². The Morgan fingerprint density at radius 2 is 0.581 bits per heavy atom. The van der Waals surface area contributed by atoms with Gasteiger partial charge in [0, 0.05) is 44.3 Å². The fraction of sp³-hybridized carbons (Fsp3) is 0.333. The lowest BCUT2D eigenvalue weighted by Crippen LogP contribution is -1.97. The molecular weight excluding hydrogens is 913 g/mol. The molecule has 3 aromatic heterocycles. The molecule has 0 radical (unpaired) electrons. The molecule has 8 bridgehead atoms. The maximum Gasteiger partial charge on any atom is 0.119 e. The van der Waals surface area contributed by atoms with E-state index < -0.39 is 0 Å². The summed E-state index contributed by atoms with van der Waals surface area (Å²) in [6.07, 6.45) is 31.3. The molecule has 2 aliphatic rings. The highest BCUT2D eigenvalue weighted by Crippen LogP contribution is 2.39. The average Bonchev–Trinajstić information content (AvgIpc) is 4.29. The SMILES string of the molecule is CCCCCCCCCCCOc1ccc(-c2c3nc(c(-c4ccc(OCCCCCCCCCCC)cc4)c4ccc([nH]4)c(-c4ccc(O)cc4)c4nc(c(-c5ccc(O)cc5)c5ccc2[nH]5)C=C4)C=C3)cc1. The Balaban J connectivity index is 1.12. The standard InChI is InChI=1S/C66H74N4O4/c1-3-5-7-9-11-13-15-17-19-45-73-53-33-25-49(26-34-53)65-59-41-39-57(68-59)63(47-21-29-51(71)30-22-47)55-37-38-56(67-55)64(48-23-31-52(72)32-24-48)58-40-42-60(69-58)66(62-44-43-61(65)70-62)50-27-35-54(36-28-50)74-46-20-18-16-14-12-10-8-6-4-2/h21-44,68-69,71-72H,3-20,45-46H2,1-2H3. The van der Waals surface area contributed by atoms with Crippen molar-refractivity contribution in [2.75, 3.05) is 13.2 Å². The first kappa shape index (κ1) is 51.6. The molecule has 8 heteroatoms. The summed E-state index contributed by atoms with van der Waals surface area (Å²) < 4.78 is 12.6. The first-order valence-electron chi connectivity index (χ1n) is 27.7. The van der Waals surface area contributed by atoms with Gasteiger partial charge in [0.2, 0.25) is 0 Å². The number of hydrogen-bond donors (Lipinski definition) is 4. The Bertz CT molecular complexity index is 2940. The number of aromatic hydroxyl groups is 2. The molecule has 0 saturated heterocycles. The monoisotopic (exact) mass is 987 g/mol. The Hall–Kier alpha value is -7.32. The lowest BCUT2D eigenvalue weighted by Gasteiger charge is -2.09. The van der Waals surface area contributed by atoms with Crippen LogP contribution in [0.1, 0.15) is 152 Å². The van der Waals surface area contributed by atoms with Crippen LogP contribution < -0.4 is 9.47 Å². The van der Waals surface area contributed by atoms with Gasteiger partial charge in [-0.05, 0) is 132 Å². The van der Waals surface area contributed by atoms with E-state index in [1.807, 2.05) is 24.3 Å². The third-order valence-electron chi connectivity index (χ3n) is 14.4.